The van der Waals surface area contributed by atoms with E-state index in [9.17, 15) is 4.79 Å². The Hall–Kier alpha value is -0.650. The lowest BCUT2D eigenvalue weighted by Crippen LogP contribution is -2.42. The molecule has 5 heteroatoms. The molecule has 94 valence electrons. The van der Waals surface area contributed by atoms with E-state index < -0.39 is 0 Å². The van der Waals surface area contributed by atoms with E-state index in [0.29, 0.717) is 31.7 Å². The third kappa shape index (κ3) is 4.92. The van der Waals surface area contributed by atoms with Crippen molar-refractivity contribution in [3.05, 3.63) is 0 Å². The Morgan fingerprint density at radius 1 is 1.62 bits per heavy atom. The third-order valence-corrected chi connectivity index (χ3v) is 2.88. The molecule has 0 aliphatic carbocycles. The summed E-state index contributed by atoms with van der Waals surface area (Å²) < 4.78 is 10.2. The van der Waals surface area contributed by atoms with Crippen LogP contribution in [-0.4, -0.2) is 52.0 Å². The van der Waals surface area contributed by atoms with Crippen LogP contribution in [0.4, 0.5) is 0 Å². The number of amides is 1. The van der Waals surface area contributed by atoms with Crippen molar-refractivity contribution in [2.24, 2.45) is 5.92 Å². The third-order valence-electron chi connectivity index (χ3n) is 2.88. The van der Waals surface area contributed by atoms with E-state index in [4.69, 9.17) is 9.47 Å². The summed E-state index contributed by atoms with van der Waals surface area (Å²) >= 11 is 0. The fourth-order valence-corrected chi connectivity index (χ4v) is 1.72. The minimum atomic E-state index is 0.0165. The second kappa shape index (κ2) is 7.60. The van der Waals surface area contributed by atoms with Crippen molar-refractivity contribution >= 4 is 5.91 Å². The Morgan fingerprint density at radius 2 is 2.44 bits per heavy atom. The average Bonchev–Trinajstić information content (AvgIpc) is 2.79. The van der Waals surface area contributed by atoms with E-state index in [-0.39, 0.29) is 5.91 Å². The molecule has 0 radical (unpaired) electrons. The molecule has 0 aromatic heterocycles. The number of hydrogen-bond acceptors (Lipinski definition) is 4. The number of rotatable bonds is 7. The van der Waals surface area contributed by atoms with Crippen LogP contribution >= 0.6 is 0 Å². The predicted molar refractivity (Wildman–Crippen MR) is 61.3 cm³/mol. The van der Waals surface area contributed by atoms with Gasteiger partial charge in [0.15, 0.2) is 0 Å². The minimum Gasteiger partial charge on any atom is -0.383 e. The van der Waals surface area contributed by atoms with Gasteiger partial charge in [0.05, 0.1) is 19.8 Å². The summed E-state index contributed by atoms with van der Waals surface area (Å²) in [6.07, 6.45) is 1.08. The maximum absolute atomic E-state index is 11.4. The lowest BCUT2D eigenvalue weighted by molar-refractivity contribution is -0.120. The first-order chi connectivity index (χ1) is 7.74. The highest BCUT2D eigenvalue weighted by atomic mass is 16.5. The topological polar surface area (TPSA) is 59.6 Å². The fraction of sp³-hybridized carbons (Fsp3) is 0.909. The molecule has 0 spiro atoms. The summed E-state index contributed by atoms with van der Waals surface area (Å²) in [6.45, 7) is 5.23. The molecule has 1 fully saturated rings. The van der Waals surface area contributed by atoms with Gasteiger partial charge < -0.3 is 20.1 Å². The molecule has 0 aromatic rings. The van der Waals surface area contributed by atoms with Gasteiger partial charge >= 0.3 is 0 Å². The summed E-state index contributed by atoms with van der Waals surface area (Å²) in [7, 11) is 1.62. The van der Waals surface area contributed by atoms with Crippen molar-refractivity contribution < 1.29 is 14.3 Å². The monoisotopic (exact) mass is 230 g/mol. The first-order valence-corrected chi connectivity index (χ1v) is 5.80. The number of hydrogen-bond donors (Lipinski definition) is 2. The second-order valence-electron chi connectivity index (χ2n) is 4.14. The molecule has 1 heterocycles. The van der Waals surface area contributed by atoms with Gasteiger partial charge in [0.25, 0.3) is 0 Å². The molecule has 16 heavy (non-hydrogen) atoms. The van der Waals surface area contributed by atoms with Crippen LogP contribution in [0.1, 0.15) is 13.3 Å². The van der Waals surface area contributed by atoms with Gasteiger partial charge in [-0.1, -0.05) is 0 Å². The number of carbonyl (C=O) groups excluding carboxylic acids is 1. The highest BCUT2D eigenvalue weighted by Gasteiger charge is 2.22. The van der Waals surface area contributed by atoms with Crippen molar-refractivity contribution in [1.29, 1.82) is 0 Å². The molecule has 2 atom stereocenters. The molecule has 0 bridgehead atoms. The van der Waals surface area contributed by atoms with Gasteiger partial charge in [0, 0.05) is 26.3 Å². The quantitative estimate of drug-likeness (QED) is 0.593. The van der Waals surface area contributed by atoms with Crippen molar-refractivity contribution in [3.63, 3.8) is 0 Å². The lowest BCUT2D eigenvalue weighted by Gasteiger charge is -2.18. The van der Waals surface area contributed by atoms with E-state index in [1.54, 1.807) is 7.11 Å². The molecular formula is C11H22N2O3. The smallest absolute Gasteiger partial charge is 0.234 e. The number of ether oxygens (including phenoxy) is 2. The van der Waals surface area contributed by atoms with E-state index >= 15 is 0 Å². The predicted octanol–water partition coefficient (Wildman–Crippen LogP) is -0.236. The van der Waals surface area contributed by atoms with Crippen LogP contribution in [0.25, 0.3) is 0 Å². The molecule has 1 aliphatic heterocycles. The molecular weight excluding hydrogens is 208 g/mol. The van der Waals surface area contributed by atoms with Gasteiger partial charge in [-0.05, 0) is 19.3 Å². The van der Waals surface area contributed by atoms with Crippen molar-refractivity contribution in [1.82, 2.24) is 10.6 Å². The van der Waals surface area contributed by atoms with E-state index in [1.807, 2.05) is 0 Å². The lowest BCUT2D eigenvalue weighted by atomic mass is 10.0. The van der Waals surface area contributed by atoms with Crippen molar-refractivity contribution in [2.75, 3.05) is 40.0 Å². The fourth-order valence-electron chi connectivity index (χ4n) is 1.72. The highest BCUT2D eigenvalue weighted by Crippen LogP contribution is 2.15. The molecule has 1 amide bonds. The first-order valence-electron chi connectivity index (χ1n) is 5.80. The Kier molecular flexibility index (Phi) is 6.37. The zero-order valence-corrected chi connectivity index (χ0v) is 10.1. The largest absolute Gasteiger partial charge is 0.383 e. The van der Waals surface area contributed by atoms with Gasteiger partial charge in [-0.2, -0.15) is 0 Å². The summed E-state index contributed by atoms with van der Waals surface area (Å²) in [6, 6.07) is 0.329. The van der Waals surface area contributed by atoms with Gasteiger partial charge in [-0.3, -0.25) is 4.79 Å². The van der Waals surface area contributed by atoms with Crippen LogP contribution in [0.15, 0.2) is 0 Å². The Morgan fingerprint density at radius 3 is 3.06 bits per heavy atom. The zero-order chi connectivity index (χ0) is 11.8. The zero-order valence-electron chi connectivity index (χ0n) is 10.1. The maximum atomic E-state index is 11.4. The van der Waals surface area contributed by atoms with Crippen LogP contribution in [0, 0.1) is 5.92 Å². The van der Waals surface area contributed by atoms with Crippen molar-refractivity contribution in [3.8, 4) is 0 Å². The van der Waals surface area contributed by atoms with Crippen LogP contribution in [0.2, 0.25) is 0 Å². The standard InChI is InChI=1S/C11H22N2O3/c1-9(10-3-5-16-8-10)13-7-11(14)12-4-6-15-2/h9-10,13H,3-8H2,1-2H3,(H,12,14). The molecule has 2 N–H and O–H groups in total. The van der Waals surface area contributed by atoms with E-state index in [2.05, 4.69) is 17.6 Å². The molecule has 1 saturated heterocycles. The normalized spacial score (nSPS) is 22.0. The minimum absolute atomic E-state index is 0.0165. The Labute approximate surface area is 96.9 Å². The second-order valence-corrected chi connectivity index (χ2v) is 4.14. The van der Waals surface area contributed by atoms with E-state index in [1.165, 1.54) is 0 Å². The summed E-state index contributed by atoms with van der Waals surface area (Å²) in [5, 5.41) is 5.99. The summed E-state index contributed by atoms with van der Waals surface area (Å²) in [5.41, 5.74) is 0. The Bertz CT molecular complexity index is 205. The molecule has 5 nitrogen and oxygen atoms in total. The van der Waals surface area contributed by atoms with Crippen LogP contribution < -0.4 is 10.6 Å². The van der Waals surface area contributed by atoms with Gasteiger partial charge in [0.2, 0.25) is 5.91 Å². The van der Waals surface area contributed by atoms with Crippen molar-refractivity contribution in [2.45, 2.75) is 19.4 Å². The SMILES string of the molecule is COCCNC(=O)CNC(C)C1CCOC1. The molecule has 0 saturated carbocycles. The van der Waals surface area contributed by atoms with Gasteiger partial charge in [-0.25, -0.2) is 0 Å². The summed E-state index contributed by atoms with van der Waals surface area (Å²) in [4.78, 5) is 11.4. The molecule has 2 unspecified atom stereocenters. The molecule has 0 aromatic carbocycles. The maximum Gasteiger partial charge on any atom is 0.234 e. The molecule has 1 aliphatic rings. The van der Waals surface area contributed by atoms with Crippen LogP contribution in [0.5, 0.6) is 0 Å². The number of nitrogens with one attached hydrogen (secondary N) is 2. The van der Waals surface area contributed by atoms with Gasteiger partial charge in [0.1, 0.15) is 0 Å². The van der Waals surface area contributed by atoms with Crippen LogP contribution in [-0.2, 0) is 14.3 Å². The summed E-state index contributed by atoms with van der Waals surface area (Å²) in [5.74, 6) is 0.551. The average molecular weight is 230 g/mol. The van der Waals surface area contributed by atoms with E-state index in [0.717, 1.165) is 19.6 Å². The number of methoxy groups -OCH3 is 1. The Balaban J connectivity index is 2.06. The number of carbonyl (C=O) groups is 1. The van der Waals surface area contributed by atoms with Gasteiger partial charge in [-0.15, -0.1) is 0 Å². The molecule has 1 rings (SSSR count). The first kappa shape index (κ1) is 13.4. The van der Waals surface area contributed by atoms with Crippen LogP contribution in [0.3, 0.4) is 0 Å². The highest BCUT2D eigenvalue weighted by molar-refractivity contribution is 5.77.